The van der Waals surface area contributed by atoms with Gasteiger partial charge >= 0.3 is 0 Å². The van der Waals surface area contributed by atoms with Gasteiger partial charge in [-0.15, -0.1) is 0 Å². The van der Waals surface area contributed by atoms with Gasteiger partial charge in [-0.25, -0.2) is 9.97 Å². The van der Waals surface area contributed by atoms with Gasteiger partial charge in [0.25, 0.3) is 0 Å². The minimum atomic E-state index is -0.236. The van der Waals surface area contributed by atoms with Gasteiger partial charge in [0.15, 0.2) is 7.98 Å². The van der Waals surface area contributed by atoms with Gasteiger partial charge in [-0.3, -0.25) is 4.79 Å². The van der Waals surface area contributed by atoms with Gasteiger partial charge in [0.2, 0.25) is 5.91 Å². The van der Waals surface area contributed by atoms with Crippen molar-refractivity contribution in [2.24, 2.45) is 7.05 Å². The Morgan fingerprint density at radius 1 is 1.28 bits per heavy atom. The highest BCUT2D eigenvalue weighted by molar-refractivity contribution is 6.04. The highest BCUT2D eigenvalue weighted by Crippen LogP contribution is 2.42. The van der Waals surface area contributed by atoms with E-state index in [2.05, 4.69) is 26.4 Å². The number of nitrogens with two attached hydrogens (primary N) is 1. The zero-order valence-corrected chi connectivity index (χ0v) is 16.4. The zero-order valence-electron chi connectivity index (χ0n) is 16.4. The monoisotopic (exact) mass is 386 g/mol. The van der Waals surface area contributed by atoms with Crippen LogP contribution >= 0.6 is 0 Å². The average molecular weight is 386 g/mol. The number of amides is 1. The molecule has 0 saturated carbocycles. The lowest BCUT2D eigenvalue weighted by Crippen LogP contribution is -2.30. The summed E-state index contributed by atoms with van der Waals surface area (Å²) in [5.74, 6) is 0.582. The second-order valence-electron chi connectivity index (χ2n) is 7.36. The zero-order chi connectivity index (χ0) is 20.5. The molecule has 0 atom stereocenters. The number of rotatable bonds is 4. The van der Waals surface area contributed by atoms with E-state index in [9.17, 15) is 4.79 Å². The van der Waals surface area contributed by atoms with Gasteiger partial charge in [-0.1, -0.05) is 18.7 Å². The van der Waals surface area contributed by atoms with E-state index < -0.39 is 0 Å². The molecule has 0 bridgehead atoms. The highest BCUT2D eigenvalue weighted by atomic mass is 16.1. The van der Waals surface area contributed by atoms with E-state index in [4.69, 9.17) is 13.7 Å². The number of fused-ring (bicyclic) bond motifs is 1. The summed E-state index contributed by atoms with van der Waals surface area (Å²) in [6, 6.07) is 7.77. The average Bonchev–Trinajstić information content (AvgIpc) is 3.03. The maximum absolute atomic E-state index is 11.6. The van der Waals surface area contributed by atoms with Crippen LogP contribution in [0.4, 0.5) is 11.5 Å². The summed E-state index contributed by atoms with van der Waals surface area (Å²) in [7, 11) is 7.98. The molecule has 4 rings (SSSR count). The predicted octanol–water partition coefficient (Wildman–Crippen LogP) is 2.60. The second kappa shape index (κ2) is 7.71. The molecule has 1 aliphatic heterocycles. The Morgan fingerprint density at radius 2 is 1.97 bits per heavy atom. The number of hydrogen-bond acceptors (Lipinski definition) is 5. The maximum Gasteiger partial charge on any atom is 0.247 e. The van der Waals surface area contributed by atoms with Crippen molar-refractivity contribution in [3.63, 3.8) is 0 Å². The molecule has 146 valence electrons. The highest BCUT2D eigenvalue weighted by Gasteiger charge is 2.28. The van der Waals surface area contributed by atoms with E-state index in [1.165, 1.54) is 18.0 Å². The first kappa shape index (κ1) is 19.2. The van der Waals surface area contributed by atoms with Crippen molar-refractivity contribution in [2.45, 2.75) is 18.8 Å². The van der Waals surface area contributed by atoms with Crippen LogP contribution in [0.1, 0.15) is 24.3 Å². The molecule has 2 aromatic heterocycles. The first-order valence-corrected chi connectivity index (χ1v) is 9.61. The van der Waals surface area contributed by atoms with Crippen LogP contribution in [0.25, 0.3) is 22.3 Å². The number of nitrogen functional groups attached to an aromatic ring is 1. The summed E-state index contributed by atoms with van der Waals surface area (Å²) >= 11 is 0. The number of carbonyl (C=O) groups excluding carboxylic acids is 1. The number of piperidine rings is 1. The minimum absolute atomic E-state index is 0.236. The lowest BCUT2D eigenvalue weighted by atomic mass is 9.85. The van der Waals surface area contributed by atoms with Crippen molar-refractivity contribution >= 4 is 36.4 Å². The van der Waals surface area contributed by atoms with Gasteiger partial charge in [0.05, 0.1) is 11.1 Å². The quantitative estimate of drug-likeness (QED) is 0.532. The normalized spacial score (nSPS) is 15.5. The number of nitrogens with one attached hydrogen (secondary N) is 1. The Labute approximate surface area is 171 Å². The molecule has 0 aliphatic carbocycles. The topological polar surface area (TPSA) is 89.1 Å². The van der Waals surface area contributed by atoms with Crippen molar-refractivity contribution in [3.8, 4) is 11.3 Å². The lowest BCUT2D eigenvalue weighted by Gasteiger charge is -2.30. The second-order valence-corrected chi connectivity index (χ2v) is 7.36. The standard InChI is InChI=1S/C21H23BN6O/c1-3-16(29)26-15-6-4-14(5-7-15)19-17(13-8-10-28(22)11-9-13)18-20(23)24-12-25-21(18)27(19)2/h3-7,12-13H,1,8-11H2,2H3,(H,26,29)(H2,23,24,25). The molecule has 8 heteroatoms. The molecule has 0 unspecified atom stereocenters. The molecule has 1 aliphatic rings. The fraction of sp³-hybridized carbons (Fsp3) is 0.286. The van der Waals surface area contributed by atoms with E-state index in [0.29, 0.717) is 11.7 Å². The molecule has 1 saturated heterocycles. The van der Waals surface area contributed by atoms with E-state index in [-0.39, 0.29) is 5.91 Å². The van der Waals surface area contributed by atoms with Crippen LogP contribution in [0, 0.1) is 0 Å². The van der Waals surface area contributed by atoms with Gasteiger partial charge in [0, 0.05) is 12.7 Å². The van der Waals surface area contributed by atoms with Crippen molar-refractivity contribution in [3.05, 3.63) is 48.8 Å². The fourth-order valence-electron chi connectivity index (χ4n) is 4.15. The van der Waals surface area contributed by atoms with Crippen molar-refractivity contribution < 1.29 is 4.79 Å². The number of carbonyl (C=O) groups is 1. The summed E-state index contributed by atoms with van der Waals surface area (Å²) < 4.78 is 2.08. The first-order valence-electron chi connectivity index (χ1n) is 9.61. The number of aromatic nitrogens is 3. The molecule has 1 fully saturated rings. The molecule has 1 aromatic carbocycles. The molecule has 0 spiro atoms. The maximum atomic E-state index is 11.6. The van der Waals surface area contributed by atoms with E-state index in [1.807, 2.05) is 36.1 Å². The van der Waals surface area contributed by atoms with Gasteiger partial charge in [0.1, 0.15) is 17.8 Å². The van der Waals surface area contributed by atoms with Crippen LogP contribution in [0.2, 0.25) is 0 Å². The summed E-state index contributed by atoms with van der Waals surface area (Å²) in [6.07, 6.45) is 4.65. The van der Waals surface area contributed by atoms with Crippen LogP contribution in [0.15, 0.2) is 43.2 Å². The number of nitrogens with zero attached hydrogens (tertiary/aromatic N) is 4. The van der Waals surface area contributed by atoms with Crippen molar-refractivity contribution in [1.29, 1.82) is 0 Å². The largest absolute Gasteiger partial charge is 0.383 e. The van der Waals surface area contributed by atoms with Crippen LogP contribution in [-0.4, -0.2) is 46.3 Å². The third-order valence-electron chi connectivity index (χ3n) is 5.58. The Hall–Kier alpha value is -3.13. The molecule has 29 heavy (non-hydrogen) atoms. The van der Waals surface area contributed by atoms with Crippen LogP contribution in [0.5, 0.6) is 0 Å². The molecular formula is C21H23BN6O. The summed E-state index contributed by atoms with van der Waals surface area (Å²) in [5, 5.41) is 3.70. The summed E-state index contributed by atoms with van der Waals surface area (Å²) in [4.78, 5) is 22.2. The Kier molecular flexibility index (Phi) is 5.11. The van der Waals surface area contributed by atoms with Gasteiger partial charge in [-0.2, -0.15) is 0 Å². The molecule has 7 nitrogen and oxygen atoms in total. The number of aryl methyl sites for hydroxylation is 1. The minimum Gasteiger partial charge on any atom is -0.383 e. The Balaban J connectivity index is 1.84. The number of benzene rings is 1. The molecule has 2 radical (unpaired) electrons. The molecule has 3 heterocycles. The SMILES string of the molecule is [B]N1CCC(c2c(-c3ccc(NC(=O)C=C)cc3)n(C)c3ncnc(N)c23)CC1. The number of hydrogen-bond donors (Lipinski definition) is 2. The van der Waals surface area contributed by atoms with E-state index in [0.717, 1.165) is 53.9 Å². The molecule has 3 N–H and O–H groups in total. The van der Waals surface area contributed by atoms with Crippen LogP contribution < -0.4 is 11.1 Å². The molecule has 3 aromatic rings. The molecule has 1 amide bonds. The first-order chi connectivity index (χ1) is 14.0. The third-order valence-corrected chi connectivity index (χ3v) is 5.58. The van der Waals surface area contributed by atoms with Crippen LogP contribution in [0.3, 0.4) is 0 Å². The third kappa shape index (κ3) is 3.51. The Morgan fingerprint density at radius 3 is 2.62 bits per heavy atom. The smallest absolute Gasteiger partial charge is 0.247 e. The number of anilines is 2. The van der Waals surface area contributed by atoms with Crippen molar-refractivity contribution in [2.75, 3.05) is 24.1 Å². The van der Waals surface area contributed by atoms with Gasteiger partial charge < -0.3 is 20.4 Å². The Bertz CT molecular complexity index is 1070. The van der Waals surface area contributed by atoms with Crippen LogP contribution in [-0.2, 0) is 11.8 Å². The predicted molar refractivity (Wildman–Crippen MR) is 116 cm³/mol. The summed E-state index contributed by atoms with van der Waals surface area (Å²) in [6.45, 7) is 5.15. The summed E-state index contributed by atoms with van der Waals surface area (Å²) in [5.41, 5.74) is 11.1. The van der Waals surface area contributed by atoms with Crippen molar-refractivity contribution in [1.82, 2.24) is 19.3 Å². The fourth-order valence-corrected chi connectivity index (χ4v) is 4.15. The van der Waals surface area contributed by atoms with E-state index in [1.54, 1.807) is 0 Å². The van der Waals surface area contributed by atoms with Gasteiger partial charge in [-0.05, 0) is 61.2 Å². The lowest BCUT2D eigenvalue weighted by molar-refractivity contribution is -0.111. The molecular weight excluding hydrogens is 363 g/mol. The van der Waals surface area contributed by atoms with E-state index >= 15 is 0 Å².